The second-order valence-corrected chi connectivity index (χ2v) is 6.53. The second kappa shape index (κ2) is 5.86. The molecule has 0 spiro atoms. The standard InChI is InChI=1S/C10H11Cl2NO4S/c1-2-3-4-18(16,17)10-8(11)5-7(13(14)15)6-9(10)12/h5-6H,2-4H2,1H3. The molecule has 0 unspecified atom stereocenters. The molecule has 0 atom stereocenters. The van der Waals surface area contributed by atoms with Crippen molar-refractivity contribution in [2.24, 2.45) is 0 Å². The van der Waals surface area contributed by atoms with Gasteiger partial charge in [-0.05, 0) is 6.42 Å². The van der Waals surface area contributed by atoms with Crippen LogP contribution in [0.5, 0.6) is 0 Å². The maximum atomic E-state index is 12.0. The third-order valence-corrected chi connectivity index (χ3v) is 4.98. The highest BCUT2D eigenvalue weighted by Gasteiger charge is 2.24. The molecule has 0 heterocycles. The van der Waals surface area contributed by atoms with Crippen molar-refractivity contribution >= 4 is 38.7 Å². The van der Waals surface area contributed by atoms with Gasteiger partial charge >= 0.3 is 0 Å². The maximum Gasteiger partial charge on any atom is 0.272 e. The number of nitrogens with zero attached hydrogens (tertiary/aromatic N) is 1. The van der Waals surface area contributed by atoms with E-state index in [-0.39, 0.29) is 26.4 Å². The molecule has 0 aliphatic carbocycles. The molecular weight excluding hydrogens is 301 g/mol. The summed E-state index contributed by atoms with van der Waals surface area (Å²) in [5.74, 6) is -0.0826. The van der Waals surface area contributed by atoms with Gasteiger partial charge in [0.25, 0.3) is 5.69 Å². The third-order valence-electron chi connectivity index (χ3n) is 2.27. The minimum Gasteiger partial charge on any atom is -0.258 e. The van der Waals surface area contributed by atoms with Crippen molar-refractivity contribution in [2.45, 2.75) is 24.7 Å². The number of rotatable bonds is 5. The minimum absolute atomic E-state index is 0.0826. The molecule has 1 aromatic rings. The summed E-state index contributed by atoms with van der Waals surface area (Å²) in [6, 6.07) is 1.98. The smallest absolute Gasteiger partial charge is 0.258 e. The van der Waals surface area contributed by atoms with Gasteiger partial charge in [0.1, 0.15) is 4.90 Å². The van der Waals surface area contributed by atoms with Gasteiger partial charge in [-0.15, -0.1) is 0 Å². The predicted molar refractivity (Wildman–Crippen MR) is 70.1 cm³/mol. The zero-order valence-electron chi connectivity index (χ0n) is 9.52. The fraction of sp³-hybridized carbons (Fsp3) is 0.400. The van der Waals surface area contributed by atoms with E-state index in [2.05, 4.69) is 0 Å². The predicted octanol–water partition coefficient (Wildman–Crippen LogP) is 3.48. The summed E-state index contributed by atoms with van der Waals surface area (Å²) in [5, 5.41) is 10.1. The Morgan fingerprint density at radius 1 is 1.28 bits per heavy atom. The highest BCUT2D eigenvalue weighted by molar-refractivity contribution is 7.91. The molecule has 5 nitrogen and oxygen atoms in total. The largest absolute Gasteiger partial charge is 0.272 e. The van der Waals surface area contributed by atoms with E-state index in [1.807, 2.05) is 6.92 Å². The second-order valence-electron chi connectivity index (χ2n) is 3.67. The number of nitro benzene ring substituents is 1. The number of halogens is 2. The van der Waals surface area contributed by atoms with Gasteiger partial charge in [-0.3, -0.25) is 10.1 Å². The van der Waals surface area contributed by atoms with Gasteiger partial charge in [-0.1, -0.05) is 36.5 Å². The van der Waals surface area contributed by atoms with E-state index in [4.69, 9.17) is 23.2 Å². The van der Waals surface area contributed by atoms with E-state index in [1.54, 1.807) is 0 Å². The molecule has 0 bridgehead atoms. The first-order valence-corrected chi connectivity index (χ1v) is 7.56. The van der Waals surface area contributed by atoms with Gasteiger partial charge in [0.05, 0.1) is 20.7 Å². The van der Waals surface area contributed by atoms with Gasteiger partial charge < -0.3 is 0 Å². The van der Waals surface area contributed by atoms with Crippen molar-refractivity contribution < 1.29 is 13.3 Å². The van der Waals surface area contributed by atoms with Gasteiger partial charge in [0.15, 0.2) is 9.84 Å². The Morgan fingerprint density at radius 3 is 2.17 bits per heavy atom. The van der Waals surface area contributed by atoms with Crippen molar-refractivity contribution in [3.8, 4) is 0 Å². The quantitative estimate of drug-likeness (QED) is 0.616. The molecule has 0 aliphatic rings. The van der Waals surface area contributed by atoms with Gasteiger partial charge in [-0.2, -0.15) is 0 Å². The molecule has 0 radical (unpaired) electrons. The van der Waals surface area contributed by atoms with Crippen molar-refractivity contribution in [3.63, 3.8) is 0 Å². The molecule has 100 valence electrons. The molecule has 8 heteroatoms. The van der Waals surface area contributed by atoms with Crippen LogP contribution in [0.25, 0.3) is 0 Å². The number of non-ortho nitro benzene ring substituents is 1. The SMILES string of the molecule is CCCCS(=O)(=O)c1c(Cl)cc([N+](=O)[O-])cc1Cl. The summed E-state index contributed by atoms with van der Waals surface area (Å²) in [6.07, 6.45) is 1.19. The number of hydrogen-bond acceptors (Lipinski definition) is 4. The summed E-state index contributed by atoms with van der Waals surface area (Å²) in [5.41, 5.74) is -0.334. The normalized spacial score (nSPS) is 11.5. The van der Waals surface area contributed by atoms with Crippen LogP contribution in [0, 0.1) is 10.1 Å². The Balaban J connectivity index is 3.30. The van der Waals surface area contributed by atoms with Crippen LogP contribution in [-0.2, 0) is 9.84 Å². The van der Waals surface area contributed by atoms with E-state index in [9.17, 15) is 18.5 Å². The molecule has 1 aromatic carbocycles. The summed E-state index contributed by atoms with van der Waals surface area (Å²) in [7, 11) is -3.61. The van der Waals surface area contributed by atoms with Crippen molar-refractivity contribution in [1.29, 1.82) is 0 Å². The van der Waals surface area contributed by atoms with Gasteiger partial charge in [0.2, 0.25) is 0 Å². The van der Waals surface area contributed by atoms with Crippen LogP contribution in [0.3, 0.4) is 0 Å². The van der Waals surface area contributed by atoms with Gasteiger partial charge in [-0.25, -0.2) is 8.42 Å². The van der Waals surface area contributed by atoms with Crippen LogP contribution in [0.1, 0.15) is 19.8 Å². The summed E-state index contributed by atoms with van der Waals surface area (Å²) >= 11 is 11.5. The van der Waals surface area contributed by atoms with E-state index in [0.717, 1.165) is 12.1 Å². The lowest BCUT2D eigenvalue weighted by Gasteiger charge is -2.08. The van der Waals surface area contributed by atoms with Crippen LogP contribution in [-0.4, -0.2) is 19.1 Å². The molecule has 0 fully saturated rings. The first-order valence-electron chi connectivity index (χ1n) is 5.15. The van der Waals surface area contributed by atoms with E-state index >= 15 is 0 Å². The molecule has 1 rings (SSSR count). The minimum atomic E-state index is -3.61. The van der Waals surface area contributed by atoms with Gasteiger partial charge in [0, 0.05) is 12.1 Å². The fourth-order valence-corrected chi connectivity index (χ4v) is 4.15. The Hall–Kier alpha value is -0.850. The lowest BCUT2D eigenvalue weighted by atomic mass is 10.3. The topological polar surface area (TPSA) is 77.3 Å². The first-order chi connectivity index (χ1) is 8.29. The molecule has 0 aliphatic heterocycles. The van der Waals surface area contributed by atoms with Crippen LogP contribution in [0.2, 0.25) is 10.0 Å². The zero-order valence-corrected chi connectivity index (χ0v) is 11.8. The number of hydrogen-bond donors (Lipinski definition) is 0. The van der Waals surface area contributed by atoms with E-state index in [0.29, 0.717) is 12.8 Å². The average molecular weight is 312 g/mol. The third kappa shape index (κ3) is 3.34. The molecule has 18 heavy (non-hydrogen) atoms. The Kier molecular flexibility index (Phi) is 4.95. The zero-order chi connectivity index (χ0) is 13.9. The van der Waals surface area contributed by atoms with E-state index < -0.39 is 14.8 Å². The summed E-state index contributed by atoms with van der Waals surface area (Å²) in [4.78, 5) is 9.67. The lowest BCUT2D eigenvalue weighted by Crippen LogP contribution is -2.08. The van der Waals surface area contributed by atoms with Crippen LogP contribution >= 0.6 is 23.2 Å². The highest BCUT2D eigenvalue weighted by Crippen LogP contribution is 2.34. The monoisotopic (exact) mass is 311 g/mol. The molecule has 0 saturated carbocycles. The Labute approximate surface area is 115 Å². The Morgan fingerprint density at radius 2 is 1.78 bits per heavy atom. The fourth-order valence-electron chi connectivity index (χ4n) is 1.39. The Bertz CT molecular complexity index is 548. The van der Waals surface area contributed by atoms with Crippen LogP contribution < -0.4 is 0 Å². The maximum absolute atomic E-state index is 12.0. The molecule has 0 aromatic heterocycles. The number of unbranched alkanes of at least 4 members (excludes halogenated alkanes) is 1. The van der Waals surface area contributed by atoms with Crippen molar-refractivity contribution in [1.82, 2.24) is 0 Å². The van der Waals surface area contributed by atoms with Crippen molar-refractivity contribution in [3.05, 3.63) is 32.3 Å². The molecule has 0 saturated heterocycles. The van der Waals surface area contributed by atoms with Crippen LogP contribution in [0.15, 0.2) is 17.0 Å². The summed E-state index contributed by atoms with van der Waals surface area (Å²) < 4.78 is 24.0. The average Bonchev–Trinajstić information content (AvgIpc) is 2.24. The van der Waals surface area contributed by atoms with Crippen LogP contribution in [0.4, 0.5) is 5.69 Å². The molecular formula is C10H11Cl2NO4S. The number of benzene rings is 1. The lowest BCUT2D eigenvalue weighted by molar-refractivity contribution is -0.384. The number of sulfone groups is 1. The molecule has 0 amide bonds. The highest BCUT2D eigenvalue weighted by atomic mass is 35.5. The summed E-state index contributed by atoms with van der Waals surface area (Å²) in [6.45, 7) is 1.86. The molecule has 0 N–H and O–H groups in total. The van der Waals surface area contributed by atoms with E-state index in [1.165, 1.54) is 0 Å². The first kappa shape index (κ1) is 15.2. The van der Waals surface area contributed by atoms with Crippen molar-refractivity contribution in [2.75, 3.05) is 5.75 Å². The number of nitro groups is 1.